The van der Waals surface area contributed by atoms with Gasteiger partial charge in [0.15, 0.2) is 12.2 Å². The summed E-state index contributed by atoms with van der Waals surface area (Å²) in [6.07, 6.45) is 57.9. The third-order valence-corrected chi connectivity index (χ3v) is 18.9. The molecule has 0 spiro atoms. The summed E-state index contributed by atoms with van der Waals surface area (Å²) in [5.41, 5.74) is 0. The van der Waals surface area contributed by atoms with Crippen molar-refractivity contribution in [1.82, 2.24) is 0 Å². The molecule has 0 fully saturated rings. The van der Waals surface area contributed by atoms with Gasteiger partial charge in [0.2, 0.25) is 0 Å². The van der Waals surface area contributed by atoms with Crippen molar-refractivity contribution in [2.24, 2.45) is 5.92 Å². The third-order valence-electron chi connectivity index (χ3n) is 17.0. The van der Waals surface area contributed by atoms with Gasteiger partial charge >= 0.3 is 39.5 Å². The summed E-state index contributed by atoms with van der Waals surface area (Å²) in [5, 5.41) is 10.6. The lowest BCUT2D eigenvalue weighted by molar-refractivity contribution is -0.161. The van der Waals surface area contributed by atoms with E-state index in [1.807, 2.05) is 0 Å². The molecule has 6 atom stereocenters. The van der Waals surface area contributed by atoms with Crippen LogP contribution in [0.3, 0.4) is 0 Å². The second kappa shape index (κ2) is 66.8. The van der Waals surface area contributed by atoms with E-state index in [4.69, 9.17) is 37.0 Å². The zero-order valence-electron chi connectivity index (χ0n) is 59.9. The number of esters is 4. The first kappa shape index (κ1) is 90.5. The third kappa shape index (κ3) is 66.6. The molecule has 0 aliphatic carbocycles. The number of carbonyl (C=O) groups excluding carboxylic acids is 4. The predicted octanol–water partition coefficient (Wildman–Crippen LogP) is 21.2. The fourth-order valence-corrected chi connectivity index (χ4v) is 12.4. The Balaban J connectivity index is 5.17. The van der Waals surface area contributed by atoms with E-state index in [2.05, 4.69) is 58.9 Å². The van der Waals surface area contributed by atoms with Crippen LogP contribution in [0.2, 0.25) is 0 Å². The summed E-state index contributed by atoms with van der Waals surface area (Å²) in [4.78, 5) is 72.4. The average Bonchev–Trinajstić information content (AvgIpc) is 3.05. The molecule has 0 heterocycles. The van der Waals surface area contributed by atoms with Crippen molar-refractivity contribution in [1.29, 1.82) is 0 Å². The lowest BCUT2D eigenvalue weighted by Crippen LogP contribution is -2.30. The molecule has 0 aromatic heterocycles. The highest BCUT2D eigenvalue weighted by atomic mass is 31.2. The maximum Gasteiger partial charge on any atom is 0.472 e. The van der Waals surface area contributed by atoms with Crippen molar-refractivity contribution < 1.29 is 80.2 Å². The molecule has 0 radical (unpaired) electrons. The summed E-state index contributed by atoms with van der Waals surface area (Å²) >= 11 is 0. The van der Waals surface area contributed by atoms with Gasteiger partial charge in [-0.15, -0.1) is 0 Å². The van der Waals surface area contributed by atoms with Gasteiger partial charge in [0.05, 0.1) is 26.4 Å². The van der Waals surface area contributed by atoms with Gasteiger partial charge < -0.3 is 33.8 Å². The zero-order chi connectivity index (χ0) is 68.4. The minimum absolute atomic E-state index is 0.102. The van der Waals surface area contributed by atoms with Crippen molar-refractivity contribution in [2.75, 3.05) is 39.6 Å². The van der Waals surface area contributed by atoms with Gasteiger partial charge in [-0.2, -0.15) is 0 Å². The molecule has 17 nitrogen and oxygen atoms in total. The topological polar surface area (TPSA) is 237 Å². The maximum absolute atomic E-state index is 13.1. The molecular formula is C74H140O17P2. The largest absolute Gasteiger partial charge is 0.472 e. The van der Waals surface area contributed by atoms with Crippen LogP contribution in [0.15, 0.2) is 24.3 Å². The molecule has 93 heavy (non-hydrogen) atoms. The number of ether oxygens (including phenoxy) is 4. The molecule has 0 aliphatic heterocycles. The van der Waals surface area contributed by atoms with Gasteiger partial charge in [0.1, 0.15) is 19.3 Å². The minimum atomic E-state index is -4.96. The van der Waals surface area contributed by atoms with Gasteiger partial charge in [-0.3, -0.25) is 37.3 Å². The number of allylic oxidation sites excluding steroid dienone is 4. The highest BCUT2D eigenvalue weighted by Gasteiger charge is 2.30. The normalized spacial score (nSPS) is 14.5. The molecule has 0 aliphatic rings. The van der Waals surface area contributed by atoms with E-state index in [1.165, 1.54) is 154 Å². The zero-order valence-corrected chi connectivity index (χ0v) is 61.7. The molecule has 3 unspecified atom stereocenters. The van der Waals surface area contributed by atoms with Gasteiger partial charge in [-0.25, -0.2) is 9.13 Å². The van der Waals surface area contributed by atoms with Crippen molar-refractivity contribution in [2.45, 2.75) is 380 Å². The Morgan fingerprint density at radius 2 is 0.602 bits per heavy atom. The Morgan fingerprint density at radius 3 is 0.914 bits per heavy atom. The number of unbranched alkanes of at least 4 members (excludes halogenated alkanes) is 40. The second-order valence-corrected chi connectivity index (χ2v) is 29.1. The summed E-state index contributed by atoms with van der Waals surface area (Å²) in [5.74, 6) is -1.29. The molecule has 0 saturated heterocycles. The highest BCUT2D eigenvalue weighted by Crippen LogP contribution is 2.45. The van der Waals surface area contributed by atoms with E-state index in [-0.39, 0.29) is 25.7 Å². The summed E-state index contributed by atoms with van der Waals surface area (Å²) in [6, 6.07) is 0. The predicted molar refractivity (Wildman–Crippen MR) is 377 cm³/mol. The number of aliphatic hydroxyl groups excluding tert-OH is 1. The van der Waals surface area contributed by atoms with E-state index in [0.29, 0.717) is 25.7 Å². The quantitative estimate of drug-likeness (QED) is 0.0169. The summed E-state index contributed by atoms with van der Waals surface area (Å²) < 4.78 is 68.2. The van der Waals surface area contributed by atoms with Crippen molar-refractivity contribution in [3.63, 3.8) is 0 Å². The van der Waals surface area contributed by atoms with Crippen molar-refractivity contribution in [3.8, 4) is 0 Å². The first-order valence-corrected chi connectivity index (χ1v) is 41.0. The number of hydrogen-bond donors (Lipinski definition) is 3. The number of phosphoric acid groups is 2. The number of rotatable bonds is 72. The van der Waals surface area contributed by atoms with Crippen molar-refractivity contribution in [3.05, 3.63) is 24.3 Å². The van der Waals surface area contributed by atoms with E-state index in [9.17, 15) is 43.2 Å². The molecule has 0 bridgehead atoms. The van der Waals surface area contributed by atoms with Crippen LogP contribution in [0.5, 0.6) is 0 Å². The Hall–Kier alpha value is -2.46. The molecule has 548 valence electrons. The summed E-state index contributed by atoms with van der Waals surface area (Å²) in [6.45, 7) is 7.21. The number of aliphatic hydroxyl groups is 1. The molecule has 0 aromatic rings. The number of phosphoric ester groups is 2. The fraction of sp³-hybridized carbons (Fsp3) is 0.892. The Bertz CT molecular complexity index is 1880. The Labute approximate surface area is 567 Å². The van der Waals surface area contributed by atoms with Crippen LogP contribution >= 0.6 is 15.6 Å². The van der Waals surface area contributed by atoms with Crippen LogP contribution in [0.4, 0.5) is 0 Å². The number of hydrogen-bond acceptors (Lipinski definition) is 15. The van der Waals surface area contributed by atoms with Crippen LogP contribution < -0.4 is 0 Å². The first-order valence-electron chi connectivity index (χ1n) is 38.0. The molecule has 19 heteroatoms. The second-order valence-electron chi connectivity index (χ2n) is 26.2. The smallest absolute Gasteiger partial charge is 0.462 e. The molecule has 0 aromatic carbocycles. The average molecular weight is 1360 g/mol. The van der Waals surface area contributed by atoms with Gasteiger partial charge in [-0.05, 0) is 57.3 Å². The van der Waals surface area contributed by atoms with Crippen LogP contribution in [-0.2, 0) is 65.4 Å². The Kier molecular flexibility index (Phi) is 65.0. The van der Waals surface area contributed by atoms with Crippen LogP contribution in [-0.4, -0.2) is 96.7 Å². The summed E-state index contributed by atoms with van der Waals surface area (Å²) in [7, 11) is -9.91. The minimum Gasteiger partial charge on any atom is -0.462 e. The molecule has 0 saturated carbocycles. The monoisotopic (exact) mass is 1360 g/mol. The lowest BCUT2D eigenvalue weighted by atomic mass is 9.99. The van der Waals surface area contributed by atoms with E-state index in [0.717, 1.165) is 128 Å². The molecular weight excluding hydrogens is 1220 g/mol. The molecule has 0 rings (SSSR count). The van der Waals surface area contributed by atoms with Gasteiger partial charge in [0.25, 0.3) is 0 Å². The van der Waals surface area contributed by atoms with E-state index < -0.39 is 97.5 Å². The number of carbonyl (C=O) groups is 4. The maximum atomic E-state index is 13.1. The van der Waals surface area contributed by atoms with E-state index in [1.54, 1.807) is 0 Å². The molecule has 3 N–H and O–H groups in total. The van der Waals surface area contributed by atoms with Crippen LogP contribution in [0.1, 0.15) is 362 Å². The Morgan fingerprint density at radius 1 is 0.344 bits per heavy atom. The van der Waals surface area contributed by atoms with Crippen LogP contribution in [0.25, 0.3) is 0 Å². The highest BCUT2D eigenvalue weighted by molar-refractivity contribution is 7.47. The van der Waals surface area contributed by atoms with Gasteiger partial charge in [-0.1, -0.05) is 309 Å². The van der Waals surface area contributed by atoms with Crippen molar-refractivity contribution >= 4 is 39.5 Å². The van der Waals surface area contributed by atoms with Gasteiger partial charge in [0, 0.05) is 25.7 Å². The standard InChI is InChI=1S/C74H140O17P2/c1-6-10-13-16-19-21-22-23-28-32-35-39-43-48-53-58-72(77)85-64-70(91-74(79)60-55-50-45-40-36-33-30-27-25-24-26-29-31-34-38-42-46-51-56-67(5)9-4)66-89-93(82,83)87-62-68(75)61-86-92(80,81)88-65-69(63-84-71(76)57-52-47-41-18-15-12-8-3)90-73(78)59-54-49-44-37-20-17-14-11-7-2/h21-23,28,67-70,75H,6-20,24-27,29-66H2,1-5H3,(H,80,81)(H,82,83)/b22-21-,28-23-/t67?,68-,69+,70+/m0/s1. The van der Waals surface area contributed by atoms with Crippen LogP contribution in [0, 0.1) is 5.92 Å². The van der Waals surface area contributed by atoms with E-state index >= 15 is 0 Å². The molecule has 0 amide bonds. The SMILES string of the molecule is CCCCCC/C=C\C=C/CCCCCCCC(=O)OC[C@H](COP(=O)(O)OC[C@@H](O)COP(=O)(O)OC[C@@H](COC(=O)CCCCCCCCC)OC(=O)CCCCCCCCCCC)OC(=O)CCCCCCCCCCCCCCCCCCCCC(C)CC. The lowest BCUT2D eigenvalue weighted by Gasteiger charge is -2.21. The first-order chi connectivity index (χ1) is 45.1. The fourth-order valence-electron chi connectivity index (χ4n) is 10.8.